The van der Waals surface area contributed by atoms with Crippen LogP contribution in [0.2, 0.25) is 0 Å². The lowest BCUT2D eigenvalue weighted by Crippen LogP contribution is -2.16. The lowest BCUT2D eigenvalue weighted by molar-refractivity contribution is 0.375. The van der Waals surface area contributed by atoms with Gasteiger partial charge in [0.25, 0.3) is 0 Å². The van der Waals surface area contributed by atoms with E-state index in [0.717, 1.165) is 25.9 Å². The maximum absolute atomic E-state index is 4.91. The van der Waals surface area contributed by atoms with Crippen molar-refractivity contribution < 1.29 is 4.52 Å². The van der Waals surface area contributed by atoms with Gasteiger partial charge in [0.15, 0.2) is 6.33 Å². The molecule has 0 amide bonds. The van der Waals surface area contributed by atoms with E-state index < -0.39 is 0 Å². The van der Waals surface area contributed by atoms with Crippen LogP contribution in [0.4, 0.5) is 0 Å². The number of hydrogen-bond acceptors (Lipinski definition) is 5. The molecule has 2 heterocycles. The van der Waals surface area contributed by atoms with E-state index in [4.69, 9.17) is 4.52 Å². The Kier molecular flexibility index (Phi) is 4.07. The van der Waals surface area contributed by atoms with Crippen molar-refractivity contribution in [2.45, 2.75) is 26.3 Å². The van der Waals surface area contributed by atoms with Crippen molar-refractivity contribution in [1.82, 2.24) is 15.5 Å². The third kappa shape index (κ3) is 3.15. The number of nitrogens with one attached hydrogen (secondary N) is 1. The van der Waals surface area contributed by atoms with E-state index in [9.17, 15) is 0 Å². The molecule has 0 saturated carbocycles. The Hall–Kier alpha value is -1.20. The van der Waals surface area contributed by atoms with Crippen molar-refractivity contribution >= 4 is 11.3 Å². The van der Waals surface area contributed by atoms with Crippen LogP contribution in [0.5, 0.6) is 0 Å². The van der Waals surface area contributed by atoms with Gasteiger partial charge in [-0.1, -0.05) is 12.1 Å². The van der Waals surface area contributed by atoms with Crippen LogP contribution in [0.15, 0.2) is 23.0 Å². The molecule has 0 radical (unpaired) electrons. The first-order chi connectivity index (χ1) is 7.88. The second-order valence-corrected chi connectivity index (χ2v) is 4.74. The zero-order valence-corrected chi connectivity index (χ0v) is 10.1. The van der Waals surface area contributed by atoms with Gasteiger partial charge >= 0.3 is 0 Å². The molecule has 0 bridgehead atoms. The van der Waals surface area contributed by atoms with Crippen molar-refractivity contribution in [3.8, 4) is 0 Å². The van der Waals surface area contributed by atoms with Gasteiger partial charge < -0.3 is 9.84 Å². The van der Waals surface area contributed by atoms with Crippen LogP contribution in [-0.2, 0) is 19.4 Å². The Balaban J connectivity index is 1.68. The Bertz CT molecular complexity index is 411. The van der Waals surface area contributed by atoms with E-state index in [2.05, 4.69) is 34.5 Å². The number of hydrogen-bond donors (Lipinski definition) is 1. The lowest BCUT2D eigenvalue weighted by Gasteiger charge is -1.99. The summed E-state index contributed by atoms with van der Waals surface area (Å²) in [7, 11) is 0. The van der Waals surface area contributed by atoms with E-state index in [1.54, 1.807) is 0 Å². The fraction of sp³-hybridized carbons (Fsp3) is 0.455. The monoisotopic (exact) mass is 237 g/mol. The predicted octanol–water partition coefficient (Wildman–Crippen LogP) is 2.03. The summed E-state index contributed by atoms with van der Waals surface area (Å²) in [4.78, 5) is 6.78. The number of nitrogens with zero attached hydrogens (tertiary/aromatic N) is 2. The van der Waals surface area contributed by atoms with Crippen LogP contribution in [0.1, 0.15) is 22.6 Å². The zero-order chi connectivity index (χ0) is 11.2. The Morgan fingerprint density at radius 1 is 1.38 bits per heavy atom. The van der Waals surface area contributed by atoms with Crippen molar-refractivity contribution in [3.05, 3.63) is 34.1 Å². The summed E-state index contributed by atoms with van der Waals surface area (Å²) in [5.41, 5.74) is 0. The maximum Gasteiger partial charge on any atom is 0.227 e. The van der Waals surface area contributed by atoms with Crippen LogP contribution in [0.3, 0.4) is 0 Å². The number of aromatic nitrogens is 2. The van der Waals surface area contributed by atoms with E-state index in [-0.39, 0.29) is 0 Å². The topological polar surface area (TPSA) is 51.0 Å². The van der Waals surface area contributed by atoms with Crippen LogP contribution >= 0.6 is 11.3 Å². The van der Waals surface area contributed by atoms with E-state index in [1.165, 1.54) is 16.1 Å². The highest BCUT2D eigenvalue weighted by Crippen LogP contribution is 2.16. The van der Waals surface area contributed by atoms with Gasteiger partial charge in [-0.15, -0.1) is 11.3 Å². The Morgan fingerprint density at radius 3 is 2.94 bits per heavy atom. The fourth-order valence-corrected chi connectivity index (χ4v) is 2.35. The van der Waals surface area contributed by atoms with Crippen molar-refractivity contribution in [3.63, 3.8) is 0 Å². The maximum atomic E-state index is 4.91. The average molecular weight is 237 g/mol. The molecule has 0 aromatic carbocycles. The van der Waals surface area contributed by atoms with Gasteiger partial charge in [-0.05, 0) is 18.6 Å². The lowest BCUT2D eigenvalue weighted by atomic mass is 10.3. The third-order valence-electron chi connectivity index (χ3n) is 2.29. The van der Waals surface area contributed by atoms with Gasteiger partial charge in [-0.3, -0.25) is 0 Å². The number of thiophene rings is 1. The van der Waals surface area contributed by atoms with Crippen molar-refractivity contribution in [2.75, 3.05) is 6.54 Å². The van der Waals surface area contributed by atoms with Gasteiger partial charge in [0.2, 0.25) is 5.89 Å². The molecule has 0 aliphatic carbocycles. The molecule has 0 aliphatic rings. The number of rotatable bonds is 6. The van der Waals surface area contributed by atoms with Crippen molar-refractivity contribution in [1.29, 1.82) is 0 Å². The first-order valence-electron chi connectivity index (χ1n) is 5.42. The minimum Gasteiger partial charge on any atom is -0.340 e. The smallest absolute Gasteiger partial charge is 0.227 e. The SMILES string of the molecule is CCc1ccc(CNCCc2ncno2)s1. The molecule has 1 N–H and O–H groups in total. The molecule has 5 heteroatoms. The highest BCUT2D eigenvalue weighted by Gasteiger charge is 2.00. The molecular formula is C11H15N3OS. The fourth-order valence-electron chi connectivity index (χ4n) is 1.42. The quantitative estimate of drug-likeness (QED) is 0.781. The third-order valence-corrected chi connectivity index (χ3v) is 3.52. The van der Waals surface area contributed by atoms with Crippen LogP contribution in [0, 0.1) is 0 Å². The van der Waals surface area contributed by atoms with E-state index in [0.29, 0.717) is 5.89 Å². The van der Waals surface area contributed by atoms with Crippen LogP contribution in [-0.4, -0.2) is 16.7 Å². The van der Waals surface area contributed by atoms with Crippen LogP contribution < -0.4 is 5.32 Å². The van der Waals surface area contributed by atoms with E-state index in [1.807, 2.05) is 11.3 Å². The molecule has 16 heavy (non-hydrogen) atoms. The molecule has 0 fully saturated rings. The van der Waals surface area contributed by atoms with Gasteiger partial charge in [-0.2, -0.15) is 4.98 Å². The summed E-state index contributed by atoms with van der Waals surface area (Å²) in [5, 5.41) is 6.92. The van der Waals surface area contributed by atoms with Gasteiger partial charge in [-0.25, -0.2) is 0 Å². The second kappa shape index (κ2) is 5.77. The van der Waals surface area contributed by atoms with Gasteiger partial charge in [0, 0.05) is 29.3 Å². The Morgan fingerprint density at radius 2 is 2.25 bits per heavy atom. The highest BCUT2D eigenvalue weighted by atomic mass is 32.1. The van der Waals surface area contributed by atoms with Gasteiger partial charge in [0.1, 0.15) is 0 Å². The second-order valence-electron chi connectivity index (χ2n) is 3.48. The Labute approximate surface area is 98.7 Å². The van der Waals surface area contributed by atoms with Crippen molar-refractivity contribution in [2.24, 2.45) is 0 Å². The molecule has 4 nitrogen and oxygen atoms in total. The summed E-state index contributed by atoms with van der Waals surface area (Å²) < 4.78 is 4.91. The molecule has 0 spiro atoms. The minimum atomic E-state index is 0.688. The zero-order valence-electron chi connectivity index (χ0n) is 9.27. The minimum absolute atomic E-state index is 0.688. The molecule has 86 valence electrons. The molecule has 0 aliphatic heterocycles. The summed E-state index contributed by atoms with van der Waals surface area (Å²) in [6.45, 7) is 3.96. The molecule has 2 aromatic rings. The molecule has 0 atom stereocenters. The first kappa shape index (κ1) is 11.3. The summed E-state index contributed by atoms with van der Waals surface area (Å²) in [6, 6.07) is 4.38. The molecule has 2 aromatic heterocycles. The highest BCUT2D eigenvalue weighted by molar-refractivity contribution is 7.11. The largest absolute Gasteiger partial charge is 0.340 e. The standard InChI is InChI=1S/C11H15N3OS/c1-2-9-3-4-10(16-9)7-12-6-5-11-13-8-14-15-11/h3-4,8,12H,2,5-7H2,1H3. The summed E-state index contributed by atoms with van der Waals surface area (Å²) in [6.07, 6.45) is 3.33. The van der Waals surface area contributed by atoms with Gasteiger partial charge in [0.05, 0.1) is 0 Å². The average Bonchev–Trinajstić information content (AvgIpc) is 2.95. The van der Waals surface area contributed by atoms with Crippen LogP contribution in [0.25, 0.3) is 0 Å². The molecular weight excluding hydrogens is 222 g/mol. The summed E-state index contributed by atoms with van der Waals surface area (Å²) in [5.74, 6) is 0.688. The molecule has 0 saturated heterocycles. The normalized spacial score (nSPS) is 10.8. The van der Waals surface area contributed by atoms with E-state index >= 15 is 0 Å². The number of aryl methyl sites for hydroxylation is 1. The molecule has 0 unspecified atom stereocenters. The molecule has 2 rings (SSSR count). The first-order valence-corrected chi connectivity index (χ1v) is 6.24. The summed E-state index contributed by atoms with van der Waals surface area (Å²) >= 11 is 1.87. The predicted molar refractivity (Wildman–Crippen MR) is 63.4 cm³/mol.